The summed E-state index contributed by atoms with van der Waals surface area (Å²) in [6.45, 7) is 6.10. The highest BCUT2D eigenvalue weighted by molar-refractivity contribution is 6.26. The van der Waals surface area contributed by atoms with Crippen LogP contribution in [0.25, 0.3) is 11.1 Å². The zero-order valence-electron chi connectivity index (χ0n) is 16.4. The van der Waals surface area contributed by atoms with Crippen molar-refractivity contribution in [1.82, 2.24) is 4.90 Å². The first-order chi connectivity index (χ1) is 13.7. The molecule has 6 heteroatoms. The molecule has 0 amide bonds. The molecule has 0 radical (unpaired) electrons. The molecule has 2 N–H and O–H groups in total. The molecule has 1 aliphatic carbocycles. The summed E-state index contributed by atoms with van der Waals surface area (Å²) in [6.07, 6.45) is 2.50. The first-order valence-corrected chi connectivity index (χ1v) is 9.82. The number of carbonyl (C=O) groups excluding carboxylic acids is 1. The van der Waals surface area contributed by atoms with E-state index in [-0.39, 0.29) is 5.78 Å². The van der Waals surface area contributed by atoms with Crippen LogP contribution in [-0.4, -0.2) is 50.6 Å². The molecular weight excluding hydrogens is 356 g/mol. The van der Waals surface area contributed by atoms with Crippen molar-refractivity contribution in [2.45, 2.75) is 19.8 Å². The second-order valence-electron chi connectivity index (χ2n) is 7.08. The highest BCUT2D eigenvalue weighted by Gasteiger charge is 2.36. The third kappa shape index (κ3) is 3.07. The van der Waals surface area contributed by atoms with Gasteiger partial charge in [-0.25, -0.2) is 0 Å². The van der Waals surface area contributed by atoms with Crippen LogP contribution in [0.4, 0.5) is 5.69 Å². The molecule has 2 aromatic rings. The van der Waals surface area contributed by atoms with E-state index in [0.717, 1.165) is 25.2 Å². The van der Waals surface area contributed by atoms with E-state index in [2.05, 4.69) is 4.90 Å². The number of methoxy groups -OCH3 is 1. The summed E-state index contributed by atoms with van der Waals surface area (Å²) < 4.78 is 17.3. The molecular formula is C22H26N2O4. The van der Waals surface area contributed by atoms with Gasteiger partial charge in [0.05, 0.1) is 25.0 Å². The van der Waals surface area contributed by atoms with Crippen molar-refractivity contribution in [2.24, 2.45) is 0 Å². The average molecular weight is 382 g/mol. The van der Waals surface area contributed by atoms with Crippen molar-refractivity contribution in [2.75, 3.05) is 45.7 Å². The van der Waals surface area contributed by atoms with Gasteiger partial charge >= 0.3 is 0 Å². The fraction of sp³-hybridized carbons (Fsp3) is 0.409. The summed E-state index contributed by atoms with van der Waals surface area (Å²) in [5.41, 5.74) is 9.10. The Morgan fingerprint density at radius 2 is 1.82 bits per heavy atom. The Morgan fingerprint density at radius 3 is 2.54 bits per heavy atom. The molecule has 0 unspecified atom stereocenters. The number of hydrogen-bond donors (Lipinski definition) is 1. The summed E-state index contributed by atoms with van der Waals surface area (Å²) >= 11 is 0. The van der Waals surface area contributed by atoms with Crippen molar-refractivity contribution in [3.63, 3.8) is 0 Å². The molecule has 6 nitrogen and oxygen atoms in total. The molecule has 0 spiro atoms. The van der Waals surface area contributed by atoms with Crippen LogP contribution in [0.2, 0.25) is 0 Å². The number of ketones is 1. The molecule has 0 saturated carbocycles. The van der Waals surface area contributed by atoms with E-state index in [9.17, 15) is 4.79 Å². The van der Waals surface area contributed by atoms with E-state index in [1.165, 1.54) is 20.0 Å². The molecule has 148 valence electrons. The highest BCUT2D eigenvalue weighted by atomic mass is 16.5. The lowest BCUT2D eigenvalue weighted by Gasteiger charge is -2.18. The number of fused-ring (bicyclic) bond motifs is 3. The number of likely N-dealkylation sites (tertiary alicyclic amines) is 1. The fourth-order valence-electron chi connectivity index (χ4n) is 4.10. The van der Waals surface area contributed by atoms with Gasteiger partial charge < -0.3 is 19.9 Å². The molecule has 0 aromatic heterocycles. The van der Waals surface area contributed by atoms with Crippen molar-refractivity contribution in [3.05, 3.63) is 35.4 Å². The Bertz CT molecular complexity index is 904. The second-order valence-corrected chi connectivity index (χ2v) is 7.08. The number of hydrogen-bond acceptors (Lipinski definition) is 6. The molecule has 0 atom stereocenters. The Morgan fingerprint density at radius 1 is 1.04 bits per heavy atom. The Hall–Kier alpha value is -2.73. The summed E-state index contributed by atoms with van der Waals surface area (Å²) in [7, 11) is 1.53. The van der Waals surface area contributed by atoms with E-state index in [0.29, 0.717) is 52.8 Å². The topological polar surface area (TPSA) is 74.0 Å². The summed E-state index contributed by atoms with van der Waals surface area (Å²) in [5.74, 6) is 1.60. The predicted molar refractivity (Wildman–Crippen MR) is 109 cm³/mol. The van der Waals surface area contributed by atoms with Crippen molar-refractivity contribution < 1.29 is 19.0 Å². The maximum Gasteiger partial charge on any atom is 0.196 e. The van der Waals surface area contributed by atoms with Crippen LogP contribution in [0.15, 0.2) is 24.3 Å². The number of rotatable bonds is 7. The molecule has 2 aliphatic rings. The minimum Gasteiger partial charge on any atom is -0.494 e. The van der Waals surface area contributed by atoms with E-state index in [4.69, 9.17) is 19.9 Å². The summed E-state index contributed by atoms with van der Waals surface area (Å²) in [6, 6.07) is 7.32. The minimum absolute atomic E-state index is 0.118. The lowest BCUT2D eigenvalue weighted by molar-refractivity contribution is 0.104. The van der Waals surface area contributed by atoms with E-state index in [1.54, 1.807) is 6.07 Å². The highest BCUT2D eigenvalue weighted by Crippen LogP contribution is 2.51. The van der Waals surface area contributed by atoms with Crippen LogP contribution in [0, 0.1) is 0 Å². The zero-order valence-corrected chi connectivity index (χ0v) is 16.4. The molecule has 0 bridgehead atoms. The third-order valence-electron chi connectivity index (χ3n) is 5.42. The number of nitrogens with zero attached hydrogens (tertiary/aromatic N) is 1. The SMILES string of the molecule is CCOc1cc(OC)c(N)c2c1-c1c(OCCN3CCCC3)cccc1C2=O. The summed E-state index contributed by atoms with van der Waals surface area (Å²) in [4.78, 5) is 15.5. The Kier molecular flexibility index (Phi) is 5.13. The van der Waals surface area contributed by atoms with Crippen LogP contribution in [0.5, 0.6) is 17.2 Å². The number of nitrogen functional groups attached to an aromatic ring is 1. The van der Waals surface area contributed by atoms with Gasteiger partial charge in [0.2, 0.25) is 0 Å². The lowest BCUT2D eigenvalue weighted by atomic mass is 10.0. The third-order valence-corrected chi connectivity index (χ3v) is 5.42. The fourth-order valence-corrected chi connectivity index (χ4v) is 4.10. The first-order valence-electron chi connectivity index (χ1n) is 9.82. The number of ether oxygens (including phenoxy) is 3. The maximum absolute atomic E-state index is 13.1. The van der Waals surface area contributed by atoms with Gasteiger partial charge in [0.25, 0.3) is 0 Å². The number of nitrogens with two attached hydrogens (primary N) is 1. The van der Waals surface area contributed by atoms with Gasteiger partial charge in [0, 0.05) is 29.3 Å². The predicted octanol–water partition coefficient (Wildman–Crippen LogP) is 3.36. The lowest BCUT2D eigenvalue weighted by Crippen LogP contribution is -2.25. The standard InChI is InChI=1S/C22H26N2O4/c1-3-27-16-13-17(26-2)21(23)20-19(16)18-14(22(20)25)7-6-8-15(18)28-12-11-24-9-4-5-10-24/h6-8,13H,3-5,9-12,23H2,1-2H3. The van der Waals surface area contributed by atoms with Crippen LogP contribution < -0.4 is 19.9 Å². The molecule has 1 saturated heterocycles. The van der Waals surface area contributed by atoms with Gasteiger partial charge in [-0.2, -0.15) is 0 Å². The van der Waals surface area contributed by atoms with Gasteiger partial charge in [-0.05, 0) is 38.9 Å². The molecule has 2 aromatic carbocycles. The van der Waals surface area contributed by atoms with Gasteiger partial charge in [-0.3, -0.25) is 9.69 Å². The van der Waals surface area contributed by atoms with E-state index >= 15 is 0 Å². The average Bonchev–Trinajstić information content (AvgIpc) is 3.32. The summed E-state index contributed by atoms with van der Waals surface area (Å²) in [5, 5.41) is 0. The molecule has 1 aliphatic heterocycles. The quantitative estimate of drug-likeness (QED) is 0.632. The molecule has 1 fully saturated rings. The van der Waals surface area contributed by atoms with Crippen LogP contribution in [0.1, 0.15) is 35.7 Å². The molecule has 28 heavy (non-hydrogen) atoms. The van der Waals surface area contributed by atoms with Crippen molar-refractivity contribution in [1.29, 1.82) is 0 Å². The first kappa shape index (κ1) is 18.6. The van der Waals surface area contributed by atoms with Gasteiger partial charge in [0.15, 0.2) is 5.78 Å². The number of carbonyl (C=O) groups is 1. The maximum atomic E-state index is 13.1. The van der Waals surface area contributed by atoms with E-state index in [1.807, 2.05) is 25.1 Å². The van der Waals surface area contributed by atoms with Crippen LogP contribution >= 0.6 is 0 Å². The van der Waals surface area contributed by atoms with Crippen molar-refractivity contribution >= 4 is 11.5 Å². The molecule has 1 heterocycles. The molecule has 4 rings (SSSR count). The smallest absolute Gasteiger partial charge is 0.196 e. The largest absolute Gasteiger partial charge is 0.494 e. The van der Waals surface area contributed by atoms with Crippen LogP contribution in [-0.2, 0) is 0 Å². The normalized spacial score (nSPS) is 15.4. The Balaban J connectivity index is 1.74. The van der Waals surface area contributed by atoms with Gasteiger partial charge in [-0.1, -0.05) is 12.1 Å². The zero-order chi connectivity index (χ0) is 19.7. The minimum atomic E-state index is -0.118. The van der Waals surface area contributed by atoms with Crippen molar-refractivity contribution in [3.8, 4) is 28.4 Å². The van der Waals surface area contributed by atoms with E-state index < -0.39 is 0 Å². The number of anilines is 1. The van der Waals surface area contributed by atoms with Crippen LogP contribution in [0.3, 0.4) is 0 Å². The van der Waals surface area contributed by atoms with Gasteiger partial charge in [0.1, 0.15) is 23.9 Å². The monoisotopic (exact) mass is 382 g/mol. The Labute approximate surface area is 165 Å². The number of benzene rings is 2. The second kappa shape index (κ2) is 7.72. The van der Waals surface area contributed by atoms with Gasteiger partial charge in [-0.15, -0.1) is 0 Å².